The molecule has 1 aliphatic heterocycles. The van der Waals surface area contributed by atoms with E-state index in [1.165, 1.54) is 23.4 Å². The number of ketones is 1. The van der Waals surface area contributed by atoms with Gasteiger partial charge in [-0.15, -0.1) is 10.2 Å². The second-order valence-electron chi connectivity index (χ2n) is 9.28. The number of halogens is 1. The molecule has 0 saturated heterocycles. The first-order valence-electron chi connectivity index (χ1n) is 11.1. The molecule has 172 valence electrons. The summed E-state index contributed by atoms with van der Waals surface area (Å²) in [7, 11) is 2.00. The van der Waals surface area contributed by atoms with Crippen LogP contribution >= 0.6 is 11.8 Å². The first-order chi connectivity index (χ1) is 15.7. The summed E-state index contributed by atoms with van der Waals surface area (Å²) >= 11 is 1.34. The highest BCUT2D eigenvalue weighted by Crippen LogP contribution is 2.46. The molecule has 5 nitrogen and oxygen atoms in total. The fourth-order valence-electron chi connectivity index (χ4n) is 4.36. The molecule has 2 heterocycles. The summed E-state index contributed by atoms with van der Waals surface area (Å²) < 4.78 is 16.3. The van der Waals surface area contributed by atoms with Crippen LogP contribution in [0.2, 0.25) is 0 Å². The smallest absolute Gasteiger partial charge is 0.191 e. The van der Waals surface area contributed by atoms with Crippen molar-refractivity contribution in [2.24, 2.45) is 5.92 Å². The highest BCUT2D eigenvalue weighted by Gasteiger charge is 2.38. The van der Waals surface area contributed by atoms with Gasteiger partial charge in [-0.3, -0.25) is 4.79 Å². The molecule has 2 aromatic carbocycles. The summed E-state index contributed by atoms with van der Waals surface area (Å²) in [6.45, 7) is 9.10. The molecule has 0 bridgehead atoms. The van der Waals surface area contributed by atoms with Crippen molar-refractivity contribution in [3.63, 3.8) is 0 Å². The molecule has 0 N–H and O–H groups in total. The largest absolute Gasteiger partial charge is 0.347 e. The van der Waals surface area contributed by atoms with E-state index < -0.39 is 0 Å². The van der Waals surface area contributed by atoms with Crippen LogP contribution in [0, 0.1) is 11.7 Å². The SMILES string of the molecule is CC(C)Cn1c(SCC(=O)C=C2N(C)c3ccccc3C2(C)C)nnc1-c1ccccc1F. The third-order valence-electron chi connectivity index (χ3n) is 5.96. The zero-order valence-corrected chi connectivity index (χ0v) is 20.5. The lowest BCUT2D eigenvalue weighted by atomic mass is 9.83. The second-order valence-corrected chi connectivity index (χ2v) is 10.2. The van der Waals surface area contributed by atoms with Crippen LogP contribution in [0.4, 0.5) is 10.1 Å². The molecule has 0 amide bonds. The summed E-state index contributed by atoms with van der Waals surface area (Å²) in [5.74, 6) is 0.710. The number of carbonyl (C=O) groups is 1. The molecule has 0 saturated carbocycles. The van der Waals surface area contributed by atoms with Crippen LogP contribution in [0.1, 0.15) is 33.3 Å². The Labute approximate surface area is 198 Å². The number of likely N-dealkylation sites (N-methyl/N-ethyl adjacent to an activating group) is 1. The maximum Gasteiger partial charge on any atom is 0.191 e. The molecular formula is C26H29FN4OS. The van der Waals surface area contributed by atoms with Gasteiger partial charge in [0.2, 0.25) is 0 Å². The Morgan fingerprint density at radius 3 is 2.52 bits per heavy atom. The van der Waals surface area contributed by atoms with E-state index in [1.54, 1.807) is 24.3 Å². The molecule has 0 radical (unpaired) electrons. The van der Waals surface area contributed by atoms with E-state index in [-0.39, 0.29) is 22.8 Å². The lowest BCUT2D eigenvalue weighted by Gasteiger charge is -2.23. The van der Waals surface area contributed by atoms with Crippen LogP contribution in [0.5, 0.6) is 0 Å². The summed E-state index contributed by atoms with van der Waals surface area (Å²) in [6, 6.07) is 14.8. The molecule has 1 aromatic heterocycles. The number of allylic oxidation sites excluding steroid dienone is 2. The number of nitrogens with zero attached hydrogens (tertiary/aromatic N) is 4. The van der Waals surface area contributed by atoms with E-state index in [0.717, 1.165) is 11.4 Å². The van der Waals surface area contributed by atoms with Gasteiger partial charge in [0.15, 0.2) is 16.8 Å². The van der Waals surface area contributed by atoms with Crippen molar-refractivity contribution in [2.45, 2.75) is 44.8 Å². The number of rotatable bonds is 7. The van der Waals surface area contributed by atoms with Crippen LogP contribution in [-0.4, -0.2) is 33.3 Å². The van der Waals surface area contributed by atoms with Crippen LogP contribution in [0.25, 0.3) is 11.4 Å². The standard InChI is InChI=1S/C26H29FN4OS/c1-17(2)15-31-24(19-10-6-8-12-21(19)27)28-29-25(31)33-16-18(32)14-23-26(3,4)20-11-7-9-13-22(20)30(23)5/h6-14,17H,15-16H2,1-5H3. The van der Waals surface area contributed by atoms with Crippen molar-refractivity contribution in [3.8, 4) is 11.4 Å². The van der Waals surface area contributed by atoms with Crippen LogP contribution in [-0.2, 0) is 16.8 Å². The molecular weight excluding hydrogens is 435 g/mol. The Hall–Kier alpha value is -2.93. The highest BCUT2D eigenvalue weighted by molar-refractivity contribution is 7.99. The Morgan fingerprint density at radius 1 is 1.12 bits per heavy atom. The third kappa shape index (κ3) is 4.47. The number of carbonyl (C=O) groups excluding carboxylic acids is 1. The van der Waals surface area contributed by atoms with Crippen molar-refractivity contribution < 1.29 is 9.18 Å². The first kappa shape index (κ1) is 23.2. The lowest BCUT2D eigenvalue weighted by Crippen LogP contribution is -2.24. The number of hydrogen-bond donors (Lipinski definition) is 0. The Kier molecular flexibility index (Phi) is 6.43. The zero-order chi connectivity index (χ0) is 23.8. The van der Waals surface area contributed by atoms with Crippen LogP contribution < -0.4 is 4.90 Å². The van der Waals surface area contributed by atoms with Gasteiger partial charge in [0.1, 0.15) is 5.82 Å². The van der Waals surface area contributed by atoms with Crippen molar-refractivity contribution in [1.82, 2.24) is 14.8 Å². The summed E-state index contributed by atoms with van der Waals surface area (Å²) in [4.78, 5) is 15.1. The van der Waals surface area contributed by atoms with Crippen molar-refractivity contribution in [2.75, 3.05) is 17.7 Å². The summed E-state index contributed by atoms with van der Waals surface area (Å²) in [5.41, 5.74) is 3.48. The molecule has 33 heavy (non-hydrogen) atoms. The predicted molar refractivity (Wildman–Crippen MR) is 132 cm³/mol. The minimum absolute atomic E-state index is 0.00858. The Balaban J connectivity index is 1.56. The van der Waals surface area contributed by atoms with Gasteiger partial charge in [0.05, 0.1) is 11.3 Å². The predicted octanol–water partition coefficient (Wildman–Crippen LogP) is 5.71. The fourth-order valence-corrected chi connectivity index (χ4v) is 5.13. The van der Waals surface area contributed by atoms with Crippen molar-refractivity contribution >= 4 is 23.2 Å². The summed E-state index contributed by atoms with van der Waals surface area (Å²) in [5, 5.41) is 9.17. The maximum absolute atomic E-state index is 14.4. The summed E-state index contributed by atoms with van der Waals surface area (Å²) in [6.07, 6.45) is 1.74. The average Bonchev–Trinajstić information content (AvgIpc) is 3.24. The molecule has 0 unspecified atom stereocenters. The van der Waals surface area contributed by atoms with E-state index in [9.17, 15) is 9.18 Å². The van der Waals surface area contributed by atoms with Crippen LogP contribution in [0.3, 0.4) is 0 Å². The normalized spacial score (nSPS) is 16.0. The molecule has 1 aliphatic rings. The third-order valence-corrected chi connectivity index (χ3v) is 6.95. The Morgan fingerprint density at radius 2 is 1.82 bits per heavy atom. The number of fused-ring (bicyclic) bond motifs is 1. The van der Waals surface area contributed by atoms with Crippen LogP contribution in [0.15, 0.2) is 65.5 Å². The topological polar surface area (TPSA) is 51.0 Å². The van der Waals surface area contributed by atoms with Crippen molar-refractivity contribution in [1.29, 1.82) is 0 Å². The number of para-hydroxylation sites is 1. The molecule has 3 aromatic rings. The molecule has 0 aliphatic carbocycles. The van der Waals surface area contributed by atoms with Gasteiger partial charge >= 0.3 is 0 Å². The Bertz CT molecular complexity index is 1210. The number of benzene rings is 2. The van der Waals surface area contributed by atoms with Gasteiger partial charge < -0.3 is 9.47 Å². The average molecular weight is 465 g/mol. The van der Waals surface area contributed by atoms with Gasteiger partial charge in [0.25, 0.3) is 0 Å². The number of thioether (sulfide) groups is 1. The van der Waals surface area contributed by atoms with Gasteiger partial charge in [0, 0.05) is 36.5 Å². The van der Waals surface area contributed by atoms with E-state index in [1.807, 2.05) is 23.7 Å². The highest BCUT2D eigenvalue weighted by atomic mass is 32.2. The van der Waals surface area contributed by atoms with E-state index in [0.29, 0.717) is 29.0 Å². The zero-order valence-electron chi connectivity index (χ0n) is 19.7. The van der Waals surface area contributed by atoms with Gasteiger partial charge in [-0.2, -0.15) is 0 Å². The monoisotopic (exact) mass is 464 g/mol. The van der Waals surface area contributed by atoms with Crippen molar-refractivity contribution in [3.05, 3.63) is 71.7 Å². The molecule has 0 fully saturated rings. The number of aromatic nitrogens is 3. The quantitative estimate of drug-likeness (QED) is 0.331. The maximum atomic E-state index is 14.4. The van der Waals surface area contributed by atoms with Gasteiger partial charge in [-0.05, 0) is 29.7 Å². The molecule has 7 heteroatoms. The fraction of sp³-hybridized carbons (Fsp3) is 0.346. The minimum atomic E-state index is -0.335. The van der Waals surface area contributed by atoms with Gasteiger partial charge in [-0.25, -0.2) is 4.39 Å². The van der Waals surface area contributed by atoms with E-state index in [4.69, 9.17) is 0 Å². The molecule has 0 atom stereocenters. The van der Waals surface area contributed by atoms with E-state index >= 15 is 0 Å². The molecule has 0 spiro atoms. The van der Waals surface area contributed by atoms with Gasteiger partial charge in [-0.1, -0.05) is 69.8 Å². The minimum Gasteiger partial charge on any atom is -0.347 e. The van der Waals surface area contributed by atoms with E-state index in [2.05, 4.69) is 54.9 Å². The number of hydrogen-bond acceptors (Lipinski definition) is 5. The molecule has 4 rings (SSSR count). The number of anilines is 1. The second kappa shape index (κ2) is 9.14. The first-order valence-corrected chi connectivity index (χ1v) is 12.1. The lowest BCUT2D eigenvalue weighted by molar-refractivity contribution is -0.112.